The summed E-state index contributed by atoms with van der Waals surface area (Å²) in [7, 11) is 1.75. The van der Waals surface area contributed by atoms with Crippen molar-refractivity contribution in [2.75, 3.05) is 25.5 Å². The predicted octanol–water partition coefficient (Wildman–Crippen LogP) is 2.59. The smallest absolute Gasteiger partial charge is 0.124 e. The zero-order valence-corrected chi connectivity index (χ0v) is 10.9. The van der Waals surface area contributed by atoms with Gasteiger partial charge in [0.2, 0.25) is 0 Å². The quantitative estimate of drug-likeness (QED) is 0.821. The van der Waals surface area contributed by atoms with Crippen LogP contribution in [0.25, 0.3) is 0 Å². The van der Waals surface area contributed by atoms with Gasteiger partial charge in [0.25, 0.3) is 0 Å². The van der Waals surface area contributed by atoms with Crippen LogP contribution in [0.1, 0.15) is 31.7 Å². The van der Waals surface area contributed by atoms with E-state index in [0.29, 0.717) is 12.0 Å². The molecule has 0 aromatic heterocycles. The van der Waals surface area contributed by atoms with E-state index in [1.807, 2.05) is 6.07 Å². The van der Waals surface area contributed by atoms with Crippen LogP contribution in [0.4, 0.5) is 5.69 Å². The van der Waals surface area contributed by atoms with Crippen LogP contribution in [0.3, 0.4) is 0 Å². The average Bonchev–Trinajstić information content (AvgIpc) is 2.72. The first kappa shape index (κ1) is 12.2. The van der Waals surface area contributed by atoms with Crippen LogP contribution >= 0.6 is 0 Å². The molecule has 1 aliphatic rings. The Labute approximate surface area is 104 Å². The Bertz CT molecular complexity index is 376. The molecule has 0 spiro atoms. The summed E-state index contributed by atoms with van der Waals surface area (Å²) in [6, 6.07) is 6.78. The van der Waals surface area contributed by atoms with Crippen LogP contribution in [0.2, 0.25) is 0 Å². The van der Waals surface area contributed by atoms with Crippen molar-refractivity contribution in [3.8, 4) is 5.75 Å². The minimum Gasteiger partial charge on any atom is -0.496 e. The number of ether oxygens (including phenoxy) is 1. The van der Waals surface area contributed by atoms with E-state index in [0.717, 1.165) is 25.3 Å². The first-order chi connectivity index (χ1) is 8.22. The second-order valence-corrected chi connectivity index (χ2v) is 4.90. The minimum absolute atomic E-state index is 0.557. The maximum atomic E-state index is 5.45. The fraction of sp³-hybridized carbons (Fsp3) is 0.571. The highest BCUT2D eigenvalue weighted by Gasteiger charge is 2.25. The van der Waals surface area contributed by atoms with Crippen LogP contribution in [-0.4, -0.2) is 26.2 Å². The standard InChI is InChI=1S/C14H22N2O/c1-10(2)15-8-7-11-9-16-12-5-4-6-13(17-3)14(11)12/h4-6,10-11,15-16H,7-9H2,1-3H3/t11-/m0/s1. The Kier molecular flexibility index (Phi) is 3.89. The van der Waals surface area contributed by atoms with Gasteiger partial charge in [-0.05, 0) is 25.1 Å². The lowest BCUT2D eigenvalue weighted by Gasteiger charge is -2.15. The maximum absolute atomic E-state index is 5.45. The van der Waals surface area contributed by atoms with Crippen molar-refractivity contribution in [3.63, 3.8) is 0 Å². The zero-order valence-electron chi connectivity index (χ0n) is 10.9. The molecule has 1 aromatic carbocycles. The minimum atomic E-state index is 0.557. The molecule has 0 aliphatic carbocycles. The highest BCUT2D eigenvalue weighted by molar-refractivity contribution is 5.63. The topological polar surface area (TPSA) is 33.3 Å². The molecule has 1 aromatic rings. The normalized spacial score (nSPS) is 18.0. The molecule has 1 heterocycles. The molecule has 0 amide bonds. The van der Waals surface area contributed by atoms with Crippen molar-refractivity contribution in [3.05, 3.63) is 23.8 Å². The van der Waals surface area contributed by atoms with Gasteiger partial charge in [-0.3, -0.25) is 0 Å². The molecule has 0 fully saturated rings. The SMILES string of the molecule is COc1cccc2c1[C@@H](CCNC(C)C)CN2. The van der Waals surface area contributed by atoms with E-state index < -0.39 is 0 Å². The van der Waals surface area contributed by atoms with Gasteiger partial charge in [-0.25, -0.2) is 0 Å². The number of methoxy groups -OCH3 is 1. The van der Waals surface area contributed by atoms with E-state index in [9.17, 15) is 0 Å². The van der Waals surface area contributed by atoms with Gasteiger partial charge in [-0.1, -0.05) is 19.9 Å². The van der Waals surface area contributed by atoms with Gasteiger partial charge < -0.3 is 15.4 Å². The third-order valence-corrected chi connectivity index (χ3v) is 3.28. The molecule has 0 unspecified atom stereocenters. The first-order valence-electron chi connectivity index (χ1n) is 6.36. The summed E-state index contributed by atoms with van der Waals surface area (Å²) in [5.41, 5.74) is 2.58. The average molecular weight is 234 g/mol. The molecule has 3 heteroatoms. The van der Waals surface area contributed by atoms with Crippen LogP contribution in [0.15, 0.2) is 18.2 Å². The summed E-state index contributed by atoms with van der Waals surface area (Å²) in [5, 5.41) is 6.93. The number of hydrogen-bond acceptors (Lipinski definition) is 3. The van der Waals surface area contributed by atoms with Gasteiger partial charge >= 0.3 is 0 Å². The van der Waals surface area contributed by atoms with Crippen LogP contribution in [0, 0.1) is 0 Å². The van der Waals surface area contributed by atoms with Gasteiger partial charge in [0.05, 0.1) is 7.11 Å². The lowest BCUT2D eigenvalue weighted by molar-refractivity contribution is 0.406. The number of benzene rings is 1. The molecule has 0 radical (unpaired) electrons. The largest absolute Gasteiger partial charge is 0.496 e. The van der Waals surface area contributed by atoms with Crippen molar-refractivity contribution < 1.29 is 4.74 Å². The summed E-state index contributed by atoms with van der Waals surface area (Å²) in [6.07, 6.45) is 1.15. The molecule has 2 N–H and O–H groups in total. The van der Waals surface area contributed by atoms with Crippen LogP contribution in [-0.2, 0) is 0 Å². The summed E-state index contributed by atoms with van der Waals surface area (Å²) < 4.78 is 5.45. The number of fused-ring (bicyclic) bond motifs is 1. The Hall–Kier alpha value is -1.22. The van der Waals surface area contributed by atoms with E-state index in [2.05, 4.69) is 36.6 Å². The highest BCUT2D eigenvalue weighted by Crippen LogP contribution is 2.39. The van der Waals surface area contributed by atoms with Crippen molar-refractivity contribution in [2.24, 2.45) is 0 Å². The number of hydrogen-bond donors (Lipinski definition) is 2. The summed E-state index contributed by atoms with van der Waals surface area (Å²) in [6.45, 7) is 6.44. The molecule has 1 atom stereocenters. The van der Waals surface area contributed by atoms with E-state index >= 15 is 0 Å². The van der Waals surface area contributed by atoms with Gasteiger partial charge in [-0.2, -0.15) is 0 Å². The second-order valence-electron chi connectivity index (χ2n) is 4.90. The third-order valence-electron chi connectivity index (χ3n) is 3.28. The molecule has 1 aliphatic heterocycles. The first-order valence-corrected chi connectivity index (χ1v) is 6.36. The van der Waals surface area contributed by atoms with Crippen molar-refractivity contribution in [2.45, 2.75) is 32.2 Å². The molecule has 2 rings (SSSR count). The Morgan fingerprint density at radius 3 is 3.00 bits per heavy atom. The van der Waals surface area contributed by atoms with Crippen LogP contribution in [0.5, 0.6) is 5.75 Å². The molecular weight excluding hydrogens is 212 g/mol. The molecule has 3 nitrogen and oxygen atoms in total. The summed E-state index contributed by atoms with van der Waals surface area (Å²) in [4.78, 5) is 0. The third kappa shape index (κ3) is 2.72. The fourth-order valence-corrected chi connectivity index (χ4v) is 2.43. The van der Waals surface area contributed by atoms with E-state index in [1.165, 1.54) is 11.3 Å². The maximum Gasteiger partial charge on any atom is 0.124 e. The highest BCUT2D eigenvalue weighted by atomic mass is 16.5. The number of nitrogens with one attached hydrogen (secondary N) is 2. The molecule has 0 saturated carbocycles. The Morgan fingerprint density at radius 2 is 2.29 bits per heavy atom. The lowest BCUT2D eigenvalue weighted by atomic mass is 9.97. The van der Waals surface area contributed by atoms with E-state index in [4.69, 9.17) is 4.74 Å². The van der Waals surface area contributed by atoms with Gasteiger partial charge in [-0.15, -0.1) is 0 Å². The zero-order chi connectivity index (χ0) is 12.3. The molecule has 17 heavy (non-hydrogen) atoms. The van der Waals surface area contributed by atoms with E-state index in [-0.39, 0.29) is 0 Å². The Morgan fingerprint density at radius 1 is 1.47 bits per heavy atom. The number of rotatable bonds is 5. The monoisotopic (exact) mass is 234 g/mol. The molecule has 94 valence electrons. The van der Waals surface area contributed by atoms with Gasteiger partial charge in [0.15, 0.2) is 0 Å². The number of anilines is 1. The van der Waals surface area contributed by atoms with E-state index in [1.54, 1.807) is 7.11 Å². The molecular formula is C14H22N2O. The van der Waals surface area contributed by atoms with Gasteiger partial charge in [0.1, 0.15) is 5.75 Å². The summed E-state index contributed by atoms with van der Waals surface area (Å²) in [5.74, 6) is 1.58. The van der Waals surface area contributed by atoms with Gasteiger partial charge in [0, 0.05) is 29.8 Å². The lowest BCUT2D eigenvalue weighted by Crippen LogP contribution is -2.25. The van der Waals surface area contributed by atoms with Crippen molar-refractivity contribution >= 4 is 5.69 Å². The summed E-state index contributed by atoms with van der Waals surface area (Å²) >= 11 is 0. The second kappa shape index (κ2) is 5.41. The predicted molar refractivity (Wildman–Crippen MR) is 72.0 cm³/mol. The van der Waals surface area contributed by atoms with Crippen LogP contribution < -0.4 is 15.4 Å². The molecule has 0 saturated heterocycles. The fourth-order valence-electron chi connectivity index (χ4n) is 2.43. The molecule has 0 bridgehead atoms. The Balaban J connectivity index is 2.05. The van der Waals surface area contributed by atoms with Crippen molar-refractivity contribution in [1.29, 1.82) is 0 Å². The van der Waals surface area contributed by atoms with Crippen molar-refractivity contribution in [1.82, 2.24) is 5.32 Å².